The molecule has 0 amide bonds. The van der Waals surface area contributed by atoms with Gasteiger partial charge in [-0.3, -0.25) is 0 Å². The van der Waals surface area contributed by atoms with Crippen molar-refractivity contribution in [2.24, 2.45) is 5.16 Å². The van der Waals surface area contributed by atoms with E-state index in [4.69, 9.17) is 5.11 Å². The van der Waals surface area contributed by atoms with Crippen LogP contribution in [-0.4, -0.2) is 43.6 Å². The second kappa shape index (κ2) is 5.86. The number of hydrogen-bond donors (Lipinski definition) is 4. The lowest BCUT2D eigenvalue weighted by Gasteiger charge is -2.23. The molecule has 22 heavy (non-hydrogen) atoms. The first-order valence-corrected chi connectivity index (χ1v) is 6.30. The van der Waals surface area contributed by atoms with Gasteiger partial charge in [-0.2, -0.15) is 0 Å². The molecule has 116 valence electrons. The Morgan fingerprint density at radius 3 is 2.55 bits per heavy atom. The average molecular weight is 305 g/mol. The van der Waals surface area contributed by atoms with Gasteiger partial charge in [0, 0.05) is 29.9 Å². The summed E-state index contributed by atoms with van der Waals surface area (Å²) in [5.41, 5.74) is -2.13. The van der Waals surface area contributed by atoms with Crippen molar-refractivity contribution in [3.8, 4) is 0 Å². The molecule has 1 heterocycles. The summed E-state index contributed by atoms with van der Waals surface area (Å²) < 4.78 is 0. The van der Waals surface area contributed by atoms with Crippen LogP contribution in [-0.2, 0) is 16.0 Å². The topological polar surface area (TPSA) is 146 Å². The number of aromatic nitrogens is 1. The maximum absolute atomic E-state index is 11.3. The number of carboxylic acids is 2. The summed E-state index contributed by atoms with van der Waals surface area (Å²) in [6.45, 7) is 0. The summed E-state index contributed by atoms with van der Waals surface area (Å²) in [6.07, 6.45) is 0.284. The Hall–Kier alpha value is -2.87. The third-order valence-corrected chi connectivity index (χ3v) is 3.37. The minimum atomic E-state index is -2.44. The van der Waals surface area contributed by atoms with Crippen molar-refractivity contribution in [3.05, 3.63) is 41.2 Å². The number of nitrogens with one attached hydrogen (secondary N) is 1. The highest BCUT2D eigenvalue weighted by Gasteiger charge is 2.39. The van der Waals surface area contributed by atoms with Crippen LogP contribution >= 0.6 is 0 Å². The number of aliphatic hydroxyl groups is 1. The number of benzene rings is 1. The molecular weight excluding hydrogens is 292 g/mol. The van der Waals surface area contributed by atoms with Gasteiger partial charge in [-0.05, 0) is 11.6 Å². The van der Waals surface area contributed by atoms with Gasteiger partial charge < -0.3 is 30.7 Å². The molecule has 8 nitrogen and oxygen atoms in total. The molecule has 0 bridgehead atoms. The van der Waals surface area contributed by atoms with E-state index in [1.165, 1.54) is 6.20 Å². The molecule has 1 atom stereocenters. The van der Waals surface area contributed by atoms with Gasteiger partial charge in [0.2, 0.25) is 0 Å². The van der Waals surface area contributed by atoms with Gasteiger partial charge in [0.15, 0.2) is 5.60 Å². The molecule has 0 spiro atoms. The Morgan fingerprint density at radius 2 is 1.95 bits per heavy atom. The molecule has 4 N–H and O–H groups in total. The molecule has 8 heteroatoms. The molecule has 2 rings (SSSR count). The van der Waals surface area contributed by atoms with E-state index in [0.717, 1.165) is 5.52 Å². The van der Waals surface area contributed by atoms with Crippen molar-refractivity contribution in [2.45, 2.75) is 18.4 Å². The largest absolute Gasteiger partial charge is 0.792 e. The molecule has 2 aromatic rings. The predicted octanol–water partition coefficient (Wildman–Crippen LogP) is 0.940. The summed E-state index contributed by atoms with van der Waals surface area (Å²) in [5, 5.41) is 41.7. The fourth-order valence-corrected chi connectivity index (χ4v) is 2.23. The van der Waals surface area contributed by atoms with Crippen LogP contribution in [0.2, 0.25) is 0 Å². The molecule has 0 aliphatic rings. The number of H-pyrrole nitrogens is 1. The van der Waals surface area contributed by atoms with Gasteiger partial charge in [-0.1, -0.05) is 18.2 Å². The maximum Gasteiger partial charge on any atom is 0.349 e. The molecule has 1 aromatic carbocycles. The fraction of sp³-hybridized carbons (Fsp3) is 0.214. The van der Waals surface area contributed by atoms with Crippen molar-refractivity contribution in [1.82, 2.24) is 4.98 Å². The molecule has 0 aliphatic heterocycles. The van der Waals surface area contributed by atoms with Crippen LogP contribution in [0.3, 0.4) is 0 Å². The van der Waals surface area contributed by atoms with Crippen molar-refractivity contribution < 1.29 is 24.9 Å². The summed E-state index contributed by atoms with van der Waals surface area (Å²) >= 11 is 0. The van der Waals surface area contributed by atoms with Gasteiger partial charge in [-0.25, -0.2) is 9.59 Å². The zero-order valence-corrected chi connectivity index (χ0v) is 11.3. The second-order valence-electron chi connectivity index (χ2n) is 4.89. The van der Waals surface area contributed by atoms with Crippen LogP contribution in [0.15, 0.2) is 35.6 Å². The van der Waals surface area contributed by atoms with E-state index in [1.54, 1.807) is 24.3 Å². The third kappa shape index (κ3) is 2.91. The molecule has 1 aromatic heterocycles. The minimum absolute atomic E-state index is 0.362. The van der Waals surface area contributed by atoms with Crippen molar-refractivity contribution in [2.75, 3.05) is 0 Å². The number of rotatable bonds is 6. The monoisotopic (exact) mass is 305 g/mol. The van der Waals surface area contributed by atoms with Crippen LogP contribution in [0.4, 0.5) is 0 Å². The number of aromatic amines is 1. The molecule has 0 saturated carbocycles. The fourth-order valence-electron chi connectivity index (χ4n) is 2.23. The summed E-state index contributed by atoms with van der Waals surface area (Å²) in [4.78, 5) is 25.1. The number of fused-ring (bicyclic) bond motifs is 1. The molecule has 0 fully saturated rings. The first-order chi connectivity index (χ1) is 10.4. The van der Waals surface area contributed by atoms with Crippen LogP contribution in [0.5, 0.6) is 0 Å². The highest BCUT2D eigenvalue weighted by Crippen LogP contribution is 2.25. The number of carboxylic acid groups (broad SMARTS) is 2. The van der Waals surface area contributed by atoms with E-state index in [2.05, 4.69) is 10.1 Å². The molecule has 0 aliphatic carbocycles. The number of carbonyl (C=O) groups is 2. The Kier molecular flexibility index (Phi) is 4.13. The van der Waals surface area contributed by atoms with E-state index in [0.29, 0.717) is 10.9 Å². The Morgan fingerprint density at radius 1 is 1.27 bits per heavy atom. The van der Waals surface area contributed by atoms with Crippen LogP contribution in [0, 0.1) is 5.21 Å². The van der Waals surface area contributed by atoms with Gasteiger partial charge in [0.05, 0.1) is 0 Å². The zero-order chi connectivity index (χ0) is 16.3. The standard InChI is InChI=1S/C14H14N2O6/c17-12(18)11(16-22)6-14(21,13(19)20)5-8-7-15-10-4-2-1-3-9(8)10/h1-4,7,15,21-22H,5-6H2,(H,17,18)(H,19,20)/p-1/b16-11+. The van der Waals surface area contributed by atoms with Gasteiger partial charge in [0.25, 0.3) is 0 Å². The van der Waals surface area contributed by atoms with Crippen LogP contribution in [0.1, 0.15) is 12.0 Å². The quantitative estimate of drug-likeness (QED) is 0.461. The van der Waals surface area contributed by atoms with Gasteiger partial charge >= 0.3 is 11.9 Å². The Labute approximate surface area is 124 Å². The Balaban J connectivity index is 2.36. The predicted molar refractivity (Wildman–Crippen MR) is 77.6 cm³/mol. The van der Waals surface area contributed by atoms with Gasteiger partial charge in [-0.15, -0.1) is 0 Å². The van der Waals surface area contributed by atoms with Crippen LogP contribution < -0.4 is 0 Å². The van der Waals surface area contributed by atoms with E-state index in [-0.39, 0.29) is 6.42 Å². The lowest BCUT2D eigenvalue weighted by Crippen LogP contribution is -2.44. The summed E-state index contributed by atoms with van der Waals surface area (Å²) in [7, 11) is 0. The van der Waals surface area contributed by atoms with E-state index in [9.17, 15) is 25.0 Å². The number of aliphatic carboxylic acids is 2. The van der Waals surface area contributed by atoms with Crippen molar-refractivity contribution >= 4 is 28.6 Å². The first-order valence-electron chi connectivity index (χ1n) is 6.30. The lowest BCUT2D eigenvalue weighted by atomic mass is 9.89. The maximum atomic E-state index is 11.3. The number of para-hydroxylation sites is 1. The smallest absolute Gasteiger partial charge is 0.349 e. The number of nitrogens with zero attached hydrogens (tertiary/aromatic N) is 1. The SMILES string of the molecule is O=C(O)/C(CC(O)(Cc1c[nH]c2ccccc12)C(=O)O)=N/[O-]. The van der Waals surface area contributed by atoms with Crippen LogP contribution in [0.25, 0.3) is 10.9 Å². The Bertz CT molecular complexity index is 751. The molecular formula is C14H13N2O6-. The molecule has 1 unspecified atom stereocenters. The summed E-state index contributed by atoms with van der Waals surface area (Å²) in [6, 6.07) is 7.06. The summed E-state index contributed by atoms with van der Waals surface area (Å²) in [5.74, 6) is -3.28. The molecule has 0 saturated heterocycles. The number of hydrogen-bond acceptors (Lipinski definition) is 5. The minimum Gasteiger partial charge on any atom is -0.792 e. The normalized spacial score (nSPS) is 14.7. The van der Waals surface area contributed by atoms with Crippen molar-refractivity contribution in [1.29, 1.82) is 0 Å². The van der Waals surface area contributed by atoms with Crippen molar-refractivity contribution in [3.63, 3.8) is 0 Å². The highest BCUT2D eigenvalue weighted by atomic mass is 16.4. The average Bonchev–Trinajstić information content (AvgIpc) is 2.87. The first kappa shape index (κ1) is 15.5. The molecule has 0 radical (unpaired) electrons. The second-order valence-corrected chi connectivity index (χ2v) is 4.89. The van der Waals surface area contributed by atoms with E-state index < -0.39 is 29.7 Å². The van der Waals surface area contributed by atoms with E-state index >= 15 is 0 Å². The highest BCUT2D eigenvalue weighted by molar-refractivity contribution is 6.36. The van der Waals surface area contributed by atoms with Gasteiger partial charge in [0.1, 0.15) is 5.71 Å². The third-order valence-electron chi connectivity index (χ3n) is 3.37. The lowest BCUT2D eigenvalue weighted by molar-refractivity contribution is -0.157. The zero-order valence-electron chi connectivity index (χ0n) is 11.3. The van der Waals surface area contributed by atoms with E-state index in [1.807, 2.05) is 0 Å².